The first kappa shape index (κ1) is 23.7. The van der Waals surface area contributed by atoms with E-state index in [1.165, 1.54) is 11.0 Å². The molecule has 0 bridgehead atoms. The third-order valence-electron chi connectivity index (χ3n) is 4.74. The summed E-state index contributed by atoms with van der Waals surface area (Å²) in [6.45, 7) is 12.6. The van der Waals surface area contributed by atoms with Crippen molar-refractivity contribution in [2.24, 2.45) is 5.92 Å². The number of aromatic nitrogens is 2. The Hall–Kier alpha value is -2.60. The van der Waals surface area contributed by atoms with Crippen LogP contribution >= 0.6 is 11.6 Å². The van der Waals surface area contributed by atoms with Gasteiger partial charge in [-0.2, -0.15) is 5.10 Å². The van der Waals surface area contributed by atoms with Crippen LogP contribution in [0.15, 0.2) is 18.2 Å². The summed E-state index contributed by atoms with van der Waals surface area (Å²) >= 11 is 6.41. The van der Waals surface area contributed by atoms with Gasteiger partial charge in [-0.3, -0.25) is 14.3 Å². The van der Waals surface area contributed by atoms with Crippen LogP contribution in [0.2, 0.25) is 5.15 Å². The van der Waals surface area contributed by atoms with Crippen LogP contribution in [0, 0.1) is 33.6 Å². The Morgan fingerprint density at radius 3 is 2.37 bits per heavy atom. The average molecular weight is 431 g/mol. The molecule has 162 valence electrons. The zero-order chi connectivity index (χ0) is 22.6. The highest BCUT2D eigenvalue weighted by Crippen LogP contribution is 2.23. The number of anilines is 1. The number of hydrogen-bond donors (Lipinski definition) is 1. The second-order valence-corrected chi connectivity index (χ2v) is 8.57. The van der Waals surface area contributed by atoms with Gasteiger partial charge in [-0.1, -0.05) is 43.1 Å². The van der Waals surface area contributed by atoms with E-state index in [-0.39, 0.29) is 18.4 Å². The molecule has 0 spiro atoms. The van der Waals surface area contributed by atoms with Crippen molar-refractivity contribution in [2.45, 2.75) is 48.1 Å². The third kappa shape index (κ3) is 5.95. The first-order chi connectivity index (χ1) is 14.0. The van der Waals surface area contributed by atoms with Gasteiger partial charge in [-0.25, -0.2) is 0 Å². The van der Waals surface area contributed by atoms with Gasteiger partial charge in [0.1, 0.15) is 5.15 Å². The van der Waals surface area contributed by atoms with Crippen LogP contribution in [0.1, 0.15) is 41.8 Å². The molecule has 0 aliphatic carbocycles. The van der Waals surface area contributed by atoms with Crippen LogP contribution in [0.5, 0.6) is 0 Å². The van der Waals surface area contributed by atoms with Crippen molar-refractivity contribution in [1.29, 1.82) is 0 Å². The fraction of sp³-hybridized carbons (Fsp3) is 0.435. The molecule has 1 aromatic carbocycles. The molecule has 2 rings (SSSR count). The summed E-state index contributed by atoms with van der Waals surface area (Å²) in [5.41, 5.74) is 5.41. The van der Waals surface area contributed by atoms with Crippen LogP contribution in [-0.2, 0) is 16.1 Å². The number of aryl methyl sites for hydroxylation is 4. The molecule has 0 aliphatic rings. The summed E-state index contributed by atoms with van der Waals surface area (Å²) in [5.74, 6) is -0.117. The number of benzene rings is 1. The average Bonchev–Trinajstić information content (AvgIpc) is 2.88. The van der Waals surface area contributed by atoms with Crippen LogP contribution in [0.4, 0.5) is 5.69 Å². The summed E-state index contributed by atoms with van der Waals surface area (Å²) in [4.78, 5) is 26.3. The number of nitrogens with one attached hydrogen (secondary N) is 1. The summed E-state index contributed by atoms with van der Waals surface area (Å²) in [6.07, 6.45) is 3.08. The van der Waals surface area contributed by atoms with Crippen molar-refractivity contribution < 1.29 is 9.59 Å². The van der Waals surface area contributed by atoms with Crippen molar-refractivity contribution in [2.75, 3.05) is 18.9 Å². The molecule has 1 aromatic heterocycles. The lowest BCUT2D eigenvalue weighted by atomic mass is 10.1. The van der Waals surface area contributed by atoms with E-state index in [1.807, 2.05) is 39.8 Å². The zero-order valence-electron chi connectivity index (χ0n) is 18.8. The normalized spacial score (nSPS) is 11.4. The van der Waals surface area contributed by atoms with E-state index >= 15 is 0 Å². The van der Waals surface area contributed by atoms with Gasteiger partial charge in [0.05, 0.1) is 12.2 Å². The number of hydrogen-bond acceptors (Lipinski definition) is 3. The Morgan fingerprint density at radius 2 is 1.80 bits per heavy atom. The maximum absolute atomic E-state index is 12.5. The first-order valence-corrected chi connectivity index (χ1v) is 10.4. The highest BCUT2D eigenvalue weighted by Gasteiger charge is 2.15. The van der Waals surface area contributed by atoms with Crippen LogP contribution in [-0.4, -0.2) is 40.1 Å². The topological polar surface area (TPSA) is 67.2 Å². The molecular formula is C23H31ClN4O2. The third-order valence-corrected chi connectivity index (χ3v) is 5.14. The summed E-state index contributed by atoms with van der Waals surface area (Å²) in [5, 5.41) is 7.86. The molecule has 2 aromatic rings. The van der Waals surface area contributed by atoms with Gasteiger partial charge < -0.3 is 10.2 Å². The number of carbonyl (C=O) groups is 2. The fourth-order valence-electron chi connectivity index (χ4n) is 3.35. The minimum atomic E-state index is -0.283. The Bertz CT molecular complexity index is 953. The maximum atomic E-state index is 12.5. The van der Waals surface area contributed by atoms with Crippen molar-refractivity contribution in [3.63, 3.8) is 0 Å². The largest absolute Gasteiger partial charge is 0.333 e. The molecule has 6 nitrogen and oxygen atoms in total. The Morgan fingerprint density at radius 1 is 1.20 bits per heavy atom. The molecule has 7 heteroatoms. The lowest BCUT2D eigenvalue weighted by molar-refractivity contribution is -0.129. The van der Waals surface area contributed by atoms with E-state index in [4.69, 9.17) is 11.6 Å². The number of nitrogens with zero attached hydrogens (tertiary/aromatic N) is 3. The van der Waals surface area contributed by atoms with Crippen LogP contribution < -0.4 is 5.32 Å². The smallest absolute Gasteiger partial charge is 0.246 e. The first-order valence-electron chi connectivity index (χ1n) is 10.0. The SMILES string of the molecule is Cc1cc(C)c(NC(=O)CN(C)C(=O)/C=C/c2c(C)nn(CC(C)C)c2Cl)c(C)c1. The molecule has 1 heterocycles. The van der Waals surface area contributed by atoms with Gasteiger partial charge in [0.25, 0.3) is 0 Å². The molecule has 0 radical (unpaired) electrons. The second-order valence-electron chi connectivity index (χ2n) is 8.22. The molecule has 0 fully saturated rings. The summed E-state index contributed by atoms with van der Waals surface area (Å²) in [7, 11) is 1.59. The lowest BCUT2D eigenvalue weighted by Crippen LogP contribution is -2.34. The maximum Gasteiger partial charge on any atom is 0.246 e. The number of rotatable bonds is 7. The minimum absolute atomic E-state index is 0.0464. The van der Waals surface area contributed by atoms with E-state index in [0.29, 0.717) is 17.6 Å². The van der Waals surface area contributed by atoms with Gasteiger partial charge in [-0.05, 0) is 50.8 Å². The highest BCUT2D eigenvalue weighted by molar-refractivity contribution is 6.31. The highest BCUT2D eigenvalue weighted by atomic mass is 35.5. The standard InChI is InChI=1S/C23H31ClN4O2/c1-14(2)12-28-23(24)19(18(6)26-28)8-9-21(30)27(7)13-20(29)25-22-16(4)10-15(3)11-17(22)5/h8-11,14H,12-13H2,1-7H3,(H,25,29)/b9-8+. The van der Waals surface area contributed by atoms with Crippen molar-refractivity contribution in [1.82, 2.24) is 14.7 Å². The Balaban J connectivity index is 2.03. The predicted octanol–water partition coefficient (Wildman–Crippen LogP) is 4.54. The van der Waals surface area contributed by atoms with Crippen LogP contribution in [0.3, 0.4) is 0 Å². The zero-order valence-corrected chi connectivity index (χ0v) is 19.6. The Kier molecular flexibility index (Phi) is 7.84. The van der Waals surface area contributed by atoms with E-state index in [0.717, 1.165) is 33.6 Å². The number of likely N-dealkylation sites (N-methyl/N-ethyl adjacent to an activating group) is 1. The molecule has 2 amide bonds. The molecular weight excluding hydrogens is 400 g/mol. The van der Waals surface area contributed by atoms with Crippen molar-refractivity contribution in [3.8, 4) is 0 Å². The quantitative estimate of drug-likeness (QED) is 0.656. The van der Waals surface area contributed by atoms with Crippen LogP contribution in [0.25, 0.3) is 6.08 Å². The van der Waals surface area contributed by atoms with Gasteiger partial charge in [0, 0.05) is 30.9 Å². The van der Waals surface area contributed by atoms with Crippen molar-refractivity contribution >= 4 is 35.2 Å². The molecule has 30 heavy (non-hydrogen) atoms. The van der Waals surface area contributed by atoms with E-state index in [1.54, 1.807) is 17.8 Å². The number of carbonyl (C=O) groups excluding carboxylic acids is 2. The molecule has 0 unspecified atom stereocenters. The molecule has 0 atom stereocenters. The Labute approximate surface area is 183 Å². The fourth-order valence-corrected chi connectivity index (χ4v) is 3.66. The minimum Gasteiger partial charge on any atom is -0.333 e. The summed E-state index contributed by atoms with van der Waals surface area (Å²) < 4.78 is 1.75. The number of amides is 2. The van der Waals surface area contributed by atoms with E-state index < -0.39 is 0 Å². The van der Waals surface area contributed by atoms with Gasteiger partial charge in [-0.15, -0.1) is 0 Å². The van der Waals surface area contributed by atoms with Crippen molar-refractivity contribution in [3.05, 3.63) is 51.3 Å². The second kappa shape index (κ2) is 9.94. The molecule has 0 aliphatic heterocycles. The van der Waals surface area contributed by atoms with Gasteiger partial charge in [0.15, 0.2) is 0 Å². The van der Waals surface area contributed by atoms with Gasteiger partial charge in [0.2, 0.25) is 11.8 Å². The summed E-state index contributed by atoms with van der Waals surface area (Å²) in [6, 6.07) is 4.04. The molecule has 0 saturated carbocycles. The molecule has 1 N–H and O–H groups in total. The monoisotopic (exact) mass is 430 g/mol. The van der Waals surface area contributed by atoms with Gasteiger partial charge >= 0.3 is 0 Å². The lowest BCUT2D eigenvalue weighted by Gasteiger charge is -2.17. The number of halogens is 1. The van der Waals surface area contributed by atoms with E-state index in [9.17, 15) is 9.59 Å². The molecule has 0 saturated heterocycles. The van der Waals surface area contributed by atoms with E-state index in [2.05, 4.69) is 24.3 Å². The predicted molar refractivity (Wildman–Crippen MR) is 123 cm³/mol.